The number of hydrogen-bond donors (Lipinski definition) is 1. The molecule has 4 rings (SSSR count). The van der Waals surface area contributed by atoms with Gasteiger partial charge in [-0.05, 0) is 42.0 Å². The second-order valence-electron chi connectivity index (χ2n) is 7.96. The number of aliphatic hydroxyl groups excluding tert-OH is 1. The van der Waals surface area contributed by atoms with Crippen molar-refractivity contribution >= 4 is 46.3 Å². The molecule has 0 spiro atoms. The van der Waals surface area contributed by atoms with Crippen LogP contribution in [0.1, 0.15) is 17.2 Å². The van der Waals surface area contributed by atoms with Gasteiger partial charge < -0.3 is 19.3 Å². The van der Waals surface area contributed by atoms with Gasteiger partial charge in [0.15, 0.2) is 0 Å². The van der Waals surface area contributed by atoms with Crippen molar-refractivity contribution in [3.63, 3.8) is 0 Å². The molecule has 0 bridgehead atoms. The van der Waals surface area contributed by atoms with E-state index < -0.39 is 35.6 Å². The van der Waals surface area contributed by atoms with Crippen molar-refractivity contribution in [1.29, 1.82) is 0 Å². The minimum absolute atomic E-state index is 0.00951. The molecule has 12 heteroatoms. The molecule has 0 saturated carbocycles. The molecule has 3 aromatic rings. The Morgan fingerprint density at radius 1 is 0.947 bits per heavy atom. The molecule has 1 fully saturated rings. The molecule has 1 amide bonds. The van der Waals surface area contributed by atoms with E-state index in [4.69, 9.17) is 32.7 Å². The van der Waals surface area contributed by atoms with Gasteiger partial charge in [-0.25, -0.2) is 0 Å². The summed E-state index contributed by atoms with van der Waals surface area (Å²) in [5, 5.41) is 11.5. The molecule has 0 radical (unpaired) electrons. The lowest BCUT2D eigenvalue weighted by Gasteiger charge is -2.26. The number of amides is 1. The van der Waals surface area contributed by atoms with Crippen molar-refractivity contribution < 1.29 is 42.1 Å². The fraction of sp³-hybridized carbons (Fsp3) is 0.154. The van der Waals surface area contributed by atoms with Crippen LogP contribution in [0.15, 0.2) is 66.2 Å². The first-order valence-electron chi connectivity index (χ1n) is 10.8. The maximum Gasteiger partial charge on any atom is 0.573 e. The maximum absolute atomic E-state index is 13.4. The SMILES string of the molecule is COc1cccc(C2/C(=C(\O)c3cc(Cl)cc(Cl)c3OC)C(=O)C(=O)N2c2cccc(OC(F)(F)F)c2)c1. The van der Waals surface area contributed by atoms with Crippen molar-refractivity contribution in [3.8, 4) is 17.2 Å². The van der Waals surface area contributed by atoms with Gasteiger partial charge in [-0.1, -0.05) is 41.4 Å². The summed E-state index contributed by atoms with van der Waals surface area (Å²) in [5.41, 5.74) is -0.205. The Kier molecular flexibility index (Phi) is 7.48. The monoisotopic (exact) mass is 567 g/mol. The van der Waals surface area contributed by atoms with Crippen LogP contribution in [0.25, 0.3) is 5.76 Å². The molecule has 1 N–H and O–H groups in total. The molecule has 1 aliphatic rings. The number of nitrogens with zero attached hydrogens (tertiary/aromatic N) is 1. The first kappa shape index (κ1) is 27.2. The molecule has 0 aromatic heterocycles. The van der Waals surface area contributed by atoms with E-state index in [1.54, 1.807) is 18.2 Å². The maximum atomic E-state index is 13.4. The van der Waals surface area contributed by atoms with Gasteiger partial charge in [-0.3, -0.25) is 14.5 Å². The summed E-state index contributed by atoms with van der Waals surface area (Å²) in [6, 6.07) is 12.3. The number of alkyl halides is 3. The summed E-state index contributed by atoms with van der Waals surface area (Å²) < 4.78 is 53.1. The number of halogens is 5. The normalized spacial score (nSPS) is 17.0. The van der Waals surface area contributed by atoms with Gasteiger partial charge in [0.2, 0.25) is 0 Å². The molecule has 7 nitrogen and oxygen atoms in total. The van der Waals surface area contributed by atoms with E-state index in [0.717, 1.165) is 17.0 Å². The van der Waals surface area contributed by atoms with Crippen LogP contribution in [0.4, 0.5) is 18.9 Å². The highest BCUT2D eigenvalue weighted by atomic mass is 35.5. The topological polar surface area (TPSA) is 85.3 Å². The summed E-state index contributed by atoms with van der Waals surface area (Å²) in [4.78, 5) is 27.7. The van der Waals surface area contributed by atoms with Crippen LogP contribution in [-0.2, 0) is 9.59 Å². The molecular formula is C26H18Cl2F3NO6. The molecular weight excluding hydrogens is 550 g/mol. The Balaban J connectivity index is 1.98. The number of carbonyl (C=O) groups excluding carboxylic acids is 2. The highest BCUT2D eigenvalue weighted by molar-refractivity contribution is 6.52. The van der Waals surface area contributed by atoms with Gasteiger partial charge in [0, 0.05) is 16.8 Å². The number of anilines is 1. The number of Topliss-reactive ketones (excluding diaryl/α,β-unsaturated/α-hetero) is 1. The molecule has 1 unspecified atom stereocenters. The summed E-state index contributed by atoms with van der Waals surface area (Å²) >= 11 is 12.3. The third kappa shape index (κ3) is 5.23. The van der Waals surface area contributed by atoms with E-state index in [1.165, 1.54) is 44.6 Å². The minimum Gasteiger partial charge on any atom is -0.507 e. The molecule has 0 aliphatic carbocycles. The fourth-order valence-electron chi connectivity index (χ4n) is 4.15. The second-order valence-corrected chi connectivity index (χ2v) is 8.80. The summed E-state index contributed by atoms with van der Waals surface area (Å²) in [5.74, 6) is -3.10. The summed E-state index contributed by atoms with van der Waals surface area (Å²) in [7, 11) is 2.70. The van der Waals surface area contributed by atoms with Gasteiger partial charge in [0.25, 0.3) is 11.7 Å². The van der Waals surface area contributed by atoms with Gasteiger partial charge in [-0.15, -0.1) is 13.2 Å². The van der Waals surface area contributed by atoms with Crippen LogP contribution in [0.2, 0.25) is 10.0 Å². The molecule has 1 atom stereocenters. The standard InChI is InChI=1S/C26H18Cl2F3NO6/c1-36-16-7-3-5-13(9-16)21-20(22(33)18-10-14(27)11-19(28)24(18)37-2)23(34)25(35)32(21)15-6-4-8-17(12-15)38-26(29,30)31/h3-12,21,33H,1-2H3/b22-20+. The van der Waals surface area contributed by atoms with Crippen molar-refractivity contribution in [3.05, 3.63) is 87.4 Å². The van der Waals surface area contributed by atoms with E-state index in [-0.39, 0.29) is 32.6 Å². The van der Waals surface area contributed by atoms with Gasteiger partial charge in [-0.2, -0.15) is 0 Å². The number of ether oxygens (including phenoxy) is 3. The van der Waals surface area contributed by atoms with Crippen molar-refractivity contribution in [1.82, 2.24) is 0 Å². The highest BCUT2D eigenvalue weighted by Gasteiger charge is 2.47. The van der Waals surface area contributed by atoms with Crippen molar-refractivity contribution in [2.75, 3.05) is 19.1 Å². The van der Waals surface area contributed by atoms with E-state index in [2.05, 4.69) is 4.74 Å². The van der Waals surface area contributed by atoms with Gasteiger partial charge in [0.1, 0.15) is 23.0 Å². The molecule has 38 heavy (non-hydrogen) atoms. The number of aliphatic hydroxyl groups is 1. The zero-order valence-electron chi connectivity index (χ0n) is 19.7. The first-order chi connectivity index (χ1) is 17.9. The number of ketones is 1. The molecule has 1 aliphatic heterocycles. The summed E-state index contributed by atoms with van der Waals surface area (Å²) in [6.45, 7) is 0. The van der Waals surface area contributed by atoms with Gasteiger partial charge >= 0.3 is 6.36 Å². The largest absolute Gasteiger partial charge is 0.573 e. The smallest absolute Gasteiger partial charge is 0.507 e. The Morgan fingerprint density at radius 3 is 2.29 bits per heavy atom. The third-order valence-electron chi connectivity index (χ3n) is 5.65. The van der Waals surface area contributed by atoms with Crippen LogP contribution >= 0.6 is 23.2 Å². The van der Waals surface area contributed by atoms with Crippen molar-refractivity contribution in [2.45, 2.75) is 12.4 Å². The average Bonchev–Trinajstić information content (AvgIpc) is 3.12. The molecule has 198 valence electrons. The lowest BCUT2D eigenvalue weighted by atomic mass is 9.94. The zero-order chi connectivity index (χ0) is 27.8. The predicted molar refractivity (Wildman–Crippen MR) is 134 cm³/mol. The van der Waals surface area contributed by atoms with E-state index in [1.807, 2.05) is 0 Å². The quantitative estimate of drug-likeness (QED) is 0.207. The predicted octanol–water partition coefficient (Wildman–Crippen LogP) is 6.54. The lowest BCUT2D eigenvalue weighted by Crippen LogP contribution is -2.29. The van der Waals surface area contributed by atoms with Crippen LogP contribution in [0.3, 0.4) is 0 Å². The minimum atomic E-state index is -4.98. The highest BCUT2D eigenvalue weighted by Crippen LogP contribution is 2.46. The Morgan fingerprint density at radius 2 is 1.63 bits per heavy atom. The van der Waals surface area contributed by atoms with Crippen LogP contribution in [0, 0.1) is 0 Å². The van der Waals surface area contributed by atoms with Gasteiger partial charge in [0.05, 0.1) is 36.4 Å². The lowest BCUT2D eigenvalue weighted by molar-refractivity contribution is -0.274. The number of carbonyl (C=O) groups is 2. The van der Waals surface area contributed by atoms with E-state index in [0.29, 0.717) is 11.3 Å². The van der Waals surface area contributed by atoms with E-state index in [9.17, 15) is 27.9 Å². The number of benzene rings is 3. The van der Waals surface area contributed by atoms with Crippen LogP contribution in [-0.4, -0.2) is 37.4 Å². The van der Waals surface area contributed by atoms with Crippen molar-refractivity contribution in [2.24, 2.45) is 0 Å². The third-order valence-corrected chi connectivity index (χ3v) is 6.15. The molecule has 3 aromatic carbocycles. The second kappa shape index (κ2) is 10.5. The van der Waals surface area contributed by atoms with Crippen LogP contribution in [0.5, 0.6) is 17.2 Å². The number of hydrogen-bond acceptors (Lipinski definition) is 6. The number of rotatable bonds is 6. The Hall–Kier alpha value is -3.89. The Bertz CT molecular complexity index is 1460. The Labute approximate surface area is 224 Å². The average molecular weight is 568 g/mol. The number of methoxy groups -OCH3 is 2. The van der Waals surface area contributed by atoms with E-state index >= 15 is 0 Å². The summed E-state index contributed by atoms with van der Waals surface area (Å²) in [6.07, 6.45) is -4.98. The molecule has 1 heterocycles. The fourth-order valence-corrected chi connectivity index (χ4v) is 4.72. The van der Waals surface area contributed by atoms with Crippen LogP contribution < -0.4 is 19.1 Å². The molecule has 1 saturated heterocycles. The zero-order valence-corrected chi connectivity index (χ0v) is 21.2. The first-order valence-corrected chi connectivity index (χ1v) is 11.5.